The molecule has 1 amide bonds. The maximum atomic E-state index is 12.1. The summed E-state index contributed by atoms with van der Waals surface area (Å²) in [5.41, 5.74) is 1.99. The second-order valence-electron chi connectivity index (χ2n) is 6.34. The van der Waals surface area contributed by atoms with Gasteiger partial charge in [-0.25, -0.2) is 9.59 Å². The molecule has 0 aliphatic rings. The minimum absolute atomic E-state index is 0.121. The van der Waals surface area contributed by atoms with Crippen LogP contribution in [0.15, 0.2) is 39.6 Å². The molecule has 8 nitrogen and oxygen atoms in total. The Morgan fingerprint density at radius 2 is 2.10 bits per heavy atom. The Bertz CT molecular complexity index is 1190. The Kier molecular flexibility index (Phi) is 5.84. The molecule has 0 spiro atoms. The van der Waals surface area contributed by atoms with Gasteiger partial charge >= 0.3 is 11.6 Å². The van der Waals surface area contributed by atoms with E-state index < -0.39 is 11.6 Å². The normalized spacial score (nSPS) is 11.2. The first-order valence-electron chi connectivity index (χ1n) is 8.63. The molecule has 0 radical (unpaired) electrons. The van der Waals surface area contributed by atoms with E-state index in [1.807, 2.05) is 0 Å². The number of amides is 1. The molecule has 3 aromatic rings. The van der Waals surface area contributed by atoms with Gasteiger partial charge in [-0.3, -0.25) is 9.48 Å². The minimum Gasteiger partial charge on any atom is -0.458 e. The maximum Gasteiger partial charge on any atom is 0.336 e. The molecule has 29 heavy (non-hydrogen) atoms. The van der Waals surface area contributed by atoms with Crippen LogP contribution in [0.2, 0.25) is 5.15 Å². The first kappa shape index (κ1) is 20.3. The summed E-state index contributed by atoms with van der Waals surface area (Å²) in [6.45, 7) is 3.04. The number of halogens is 1. The highest BCUT2D eigenvalue weighted by Gasteiger charge is 2.11. The Morgan fingerprint density at radius 3 is 2.76 bits per heavy atom. The molecule has 1 aromatic carbocycles. The van der Waals surface area contributed by atoms with Crippen molar-refractivity contribution in [1.29, 1.82) is 0 Å². The summed E-state index contributed by atoms with van der Waals surface area (Å²) in [7, 11) is 1.70. The van der Waals surface area contributed by atoms with Crippen LogP contribution in [0.1, 0.15) is 23.7 Å². The van der Waals surface area contributed by atoms with E-state index in [1.54, 1.807) is 26.1 Å². The third-order valence-electron chi connectivity index (χ3n) is 4.10. The monoisotopic (exact) mass is 415 g/mol. The van der Waals surface area contributed by atoms with Crippen LogP contribution >= 0.6 is 11.6 Å². The number of fused-ring (bicyclic) bond motifs is 1. The molecule has 0 saturated carbocycles. The molecule has 0 aliphatic heterocycles. The summed E-state index contributed by atoms with van der Waals surface area (Å²) in [6, 6.07) is 6.15. The van der Waals surface area contributed by atoms with E-state index in [9.17, 15) is 14.4 Å². The fourth-order valence-corrected chi connectivity index (χ4v) is 3.05. The van der Waals surface area contributed by atoms with Crippen molar-refractivity contribution in [3.8, 4) is 0 Å². The number of esters is 1. The number of carbonyl (C=O) groups excluding carboxylic acids is 2. The molecule has 0 fully saturated rings. The van der Waals surface area contributed by atoms with Crippen LogP contribution in [0.5, 0.6) is 0 Å². The van der Waals surface area contributed by atoms with Crippen molar-refractivity contribution in [2.75, 3.05) is 5.32 Å². The summed E-state index contributed by atoms with van der Waals surface area (Å²) in [6.07, 6.45) is 2.78. The molecular weight excluding hydrogens is 398 g/mol. The molecule has 1 N–H and O–H groups in total. The van der Waals surface area contributed by atoms with Crippen molar-refractivity contribution in [2.45, 2.75) is 20.5 Å². The highest BCUT2D eigenvalue weighted by molar-refractivity contribution is 6.31. The van der Waals surface area contributed by atoms with E-state index >= 15 is 0 Å². The van der Waals surface area contributed by atoms with E-state index in [0.717, 1.165) is 0 Å². The van der Waals surface area contributed by atoms with Crippen molar-refractivity contribution in [1.82, 2.24) is 9.78 Å². The fourth-order valence-electron chi connectivity index (χ4n) is 2.81. The van der Waals surface area contributed by atoms with Crippen LogP contribution in [0.25, 0.3) is 17.0 Å². The third kappa shape index (κ3) is 4.72. The number of ether oxygens (including phenoxy) is 1. The number of hydrogen-bond donors (Lipinski definition) is 1. The average molecular weight is 416 g/mol. The largest absolute Gasteiger partial charge is 0.458 e. The lowest BCUT2D eigenvalue weighted by molar-refractivity contribution is -0.138. The Morgan fingerprint density at radius 1 is 1.34 bits per heavy atom. The number of nitrogens with zero attached hydrogens (tertiary/aromatic N) is 2. The molecule has 0 unspecified atom stereocenters. The SMILES string of the molecule is CC(=O)Nc1ccc2c(COC(=O)/C=C/c3c(C)nn(C)c3Cl)cc(=O)oc2c1. The minimum atomic E-state index is -0.597. The molecule has 2 aromatic heterocycles. The van der Waals surface area contributed by atoms with E-state index in [0.29, 0.717) is 33.0 Å². The highest BCUT2D eigenvalue weighted by atomic mass is 35.5. The first-order chi connectivity index (χ1) is 13.7. The number of hydrogen-bond acceptors (Lipinski definition) is 6. The van der Waals surface area contributed by atoms with Gasteiger partial charge in [0.15, 0.2) is 0 Å². The Balaban J connectivity index is 1.77. The number of nitrogens with one attached hydrogen (secondary N) is 1. The van der Waals surface area contributed by atoms with Gasteiger partial charge < -0.3 is 14.5 Å². The molecule has 0 bridgehead atoms. The van der Waals surface area contributed by atoms with Crippen LogP contribution in [-0.2, 0) is 28.0 Å². The lowest BCUT2D eigenvalue weighted by Gasteiger charge is -2.08. The zero-order valence-electron chi connectivity index (χ0n) is 16.0. The molecule has 9 heteroatoms. The van der Waals surface area contributed by atoms with Crippen LogP contribution < -0.4 is 10.9 Å². The number of aromatic nitrogens is 2. The van der Waals surface area contributed by atoms with Gasteiger partial charge in [0.1, 0.15) is 17.3 Å². The topological polar surface area (TPSA) is 103 Å². The molecular formula is C20H18ClN3O5. The van der Waals surface area contributed by atoms with Gasteiger partial charge in [0.25, 0.3) is 0 Å². The Hall–Kier alpha value is -3.39. The van der Waals surface area contributed by atoms with Gasteiger partial charge in [-0.1, -0.05) is 11.6 Å². The van der Waals surface area contributed by atoms with Crippen molar-refractivity contribution < 1.29 is 18.7 Å². The lowest BCUT2D eigenvalue weighted by atomic mass is 10.1. The highest BCUT2D eigenvalue weighted by Crippen LogP contribution is 2.23. The first-order valence-corrected chi connectivity index (χ1v) is 9.00. The predicted octanol–water partition coefficient (Wildman–Crippen LogP) is 3.20. The zero-order chi connectivity index (χ0) is 21.1. The summed E-state index contributed by atoms with van der Waals surface area (Å²) in [4.78, 5) is 35.1. The number of carbonyl (C=O) groups is 2. The quantitative estimate of drug-likeness (QED) is 0.390. The van der Waals surface area contributed by atoms with Gasteiger partial charge in [-0.15, -0.1) is 0 Å². The summed E-state index contributed by atoms with van der Waals surface area (Å²) < 4.78 is 11.9. The summed E-state index contributed by atoms with van der Waals surface area (Å²) in [5, 5.41) is 7.79. The van der Waals surface area contributed by atoms with Crippen LogP contribution in [0.4, 0.5) is 5.69 Å². The van der Waals surface area contributed by atoms with Crippen LogP contribution in [0.3, 0.4) is 0 Å². The van der Waals surface area contributed by atoms with Crippen molar-refractivity contribution >= 4 is 46.2 Å². The van der Waals surface area contributed by atoms with E-state index in [2.05, 4.69) is 10.4 Å². The molecule has 0 saturated heterocycles. The van der Waals surface area contributed by atoms with Crippen molar-refractivity contribution in [3.05, 3.63) is 62.7 Å². The van der Waals surface area contributed by atoms with Gasteiger partial charge in [-0.2, -0.15) is 5.10 Å². The molecule has 2 heterocycles. The van der Waals surface area contributed by atoms with Crippen LogP contribution in [-0.4, -0.2) is 21.7 Å². The smallest absolute Gasteiger partial charge is 0.336 e. The van der Waals surface area contributed by atoms with Gasteiger partial charge in [0.05, 0.1) is 5.69 Å². The second-order valence-corrected chi connectivity index (χ2v) is 6.70. The second kappa shape index (κ2) is 8.32. The average Bonchev–Trinajstić information content (AvgIpc) is 2.88. The molecule has 0 aliphatic carbocycles. The maximum absolute atomic E-state index is 12.1. The number of aryl methyl sites for hydroxylation is 2. The number of benzene rings is 1. The number of rotatable bonds is 5. The number of anilines is 1. The summed E-state index contributed by atoms with van der Waals surface area (Å²) in [5.74, 6) is -0.840. The molecule has 3 rings (SSSR count). The van der Waals surface area contributed by atoms with Crippen molar-refractivity contribution in [3.63, 3.8) is 0 Å². The third-order valence-corrected chi connectivity index (χ3v) is 4.55. The summed E-state index contributed by atoms with van der Waals surface area (Å²) >= 11 is 6.12. The standard InChI is InChI=1S/C20H18ClN3O5/c1-11-15(20(21)24(3)23-11)6-7-18(26)28-10-13-8-19(27)29-17-9-14(22-12(2)25)4-5-16(13)17/h4-9H,10H2,1-3H3,(H,22,25)/b7-6+. The van der Waals surface area contributed by atoms with Gasteiger partial charge in [0, 0.05) is 54.4 Å². The molecule has 0 atom stereocenters. The van der Waals surface area contributed by atoms with Gasteiger partial charge in [0.2, 0.25) is 5.91 Å². The van der Waals surface area contributed by atoms with E-state index in [4.69, 9.17) is 20.8 Å². The Labute approximate surface area is 170 Å². The molecule has 150 valence electrons. The lowest BCUT2D eigenvalue weighted by Crippen LogP contribution is -2.07. The fraction of sp³-hybridized carbons (Fsp3) is 0.200. The van der Waals surface area contributed by atoms with E-state index in [-0.39, 0.29) is 18.1 Å². The predicted molar refractivity (Wildman–Crippen MR) is 109 cm³/mol. The zero-order valence-corrected chi connectivity index (χ0v) is 16.7. The van der Waals surface area contributed by atoms with Gasteiger partial charge in [-0.05, 0) is 25.1 Å². The van der Waals surface area contributed by atoms with Crippen LogP contribution in [0, 0.1) is 6.92 Å². The van der Waals surface area contributed by atoms with Crippen molar-refractivity contribution in [2.24, 2.45) is 7.05 Å². The van der Waals surface area contributed by atoms with E-state index in [1.165, 1.54) is 35.9 Å².